The highest BCUT2D eigenvalue weighted by Gasteiger charge is 2.10. The summed E-state index contributed by atoms with van der Waals surface area (Å²) in [5.74, 6) is 1.01. The van der Waals surface area contributed by atoms with E-state index in [0.29, 0.717) is 5.65 Å². The molecule has 90 valence electrons. The van der Waals surface area contributed by atoms with Crippen LogP contribution >= 0.6 is 0 Å². The molecule has 0 amide bonds. The van der Waals surface area contributed by atoms with Crippen molar-refractivity contribution in [1.29, 1.82) is 0 Å². The fourth-order valence-corrected chi connectivity index (χ4v) is 2.01. The third-order valence-electron chi connectivity index (χ3n) is 3.03. The maximum Gasteiger partial charge on any atom is 0.178 e. The van der Waals surface area contributed by atoms with Gasteiger partial charge >= 0.3 is 0 Å². The van der Waals surface area contributed by atoms with Gasteiger partial charge in [0, 0.05) is 17.3 Å². The van der Waals surface area contributed by atoms with E-state index >= 15 is 0 Å². The van der Waals surface area contributed by atoms with Gasteiger partial charge in [-0.1, -0.05) is 12.1 Å². The van der Waals surface area contributed by atoms with Crippen LogP contribution in [0.15, 0.2) is 30.5 Å². The fraction of sp³-hybridized carbons (Fsp3) is 0.143. The number of aromatic nitrogens is 3. The fourth-order valence-electron chi connectivity index (χ4n) is 2.01. The van der Waals surface area contributed by atoms with Gasteiger partial charge in [0.25, 0.3) is 0 Å². The van der Waals surface area contributed by atoms with E-state index in [1.165, 1.54) is 0 Å². The summed E-state index contributed by atoms with van der Waals surface area (Å²) in [5.41, 5.74) is 4.40. The second-order valence-electron chi connectivity index (χ2n) is 4.42. The molecule has 4 heteroatoms. The molecule has 18 heavy (non-hydrogen) atoms. The van der Waals surface area contributed by atoms with Crippen LogP contribution in [0.1, 0.15) is 11.1 Å². The maximum atomic E-state index is 9.72. The minimum Gasteiger partial charge on any atom is -0.508 e. The Morgan fingerprint density at radius 1 is 1.22 bits per heavy atom. The van der Waals surface area contributed by atoms with Gasteiger partial charge in [-0.3, -0.25) is 0 Å². The van der Waals surface area contributed by atoms with Crippen LogP contribution < -0.4 is 0 Å². The second-order valence-corrected chi connectivity index (χ2v) is 4.42. The maximum absolute atomic E-state index is 9.72. The van der Waals surface area contributed by atoms with Crippen molar-refractivity contribution >= 4 is 11.2 Å². The molecule has 2 heterocycles. The van der Waals surface area contributed by atoms with Gasteiger partial charge in [-0.05, 0) is 31.5 Å². The molecule has 0 radical (unpaired) electrons. The van der Waals surface area contributed by atoms with Gasteiger partial charge < -0.3 is 10.1 Å². The van der Waals surface area contributed by atoms with Crippen molar-refractivity contribution in [2.75, 3.05) is 0 Å². The number of imidazole rings is 1. The lowest BCUT2D eigenvalue weighted by Gasteiger charge is -2.03. The van der Waals surface area contributed by atoms with E-state index in [4.69, 9.17) is 0 Å². The number of aryl methyl sites for hydroxylation is 1. The Balaban J connectivity index is 2.22. The zero-order chi connectivity index (χ0) is 12.7. The normalized spacial score (nSPS) is 11.0. The number of pyridine rings is 1. The van der Waals surface area contributed by atoms with E-state index in [9.17, 15) is 5.11 Å². The summed E-state index contributed by atoms with van der Waals surface area (Å²) in [7, 11) is 0. The van der Waals surface area contributed by atoms with Crippen molar-refractivity contribution in [3.8, 4) is 17.1 Å². The van der Waals surface area contributed by atoms with Crippen molar-refractivity contribution in [2.45, 2.75) is 13.8 Å². The number of phenols is 1. The van der Waals surface area contributed by atoms with Crippen molar-refractivity contribution in [1.82, 2.24) is 15.0 Å². The molecule has 0 aliphatic carbocycles. The van der Waals surface area contributed by atoms with Crippen molar-refractivity contribution in [2.24, 2.45) is 0 Å². The molecule has 0 bridgehead atoms. The van der Waals surface area contributed by atoms with Gasteiger partial charge in [-0.15, -0.1) is 0 Å². The number of hydrogen-bond donors (Lipinski definition) is 2. The van der Waals surface area contributed by atoms with Crippen molar-refractivity contribution < 1.29 is 5.11 Å². The predicted molar refractivity (Wildman–Crippen MR) is 70.5 cm³/mol. The molecule has 2 N–H and O–H groups in total. The molecule has 1 aromatic carbocycles. The second kappa shape index (κ2) is 3.84. The molecule has 2 aromatic heterocycles. The number of benzene rings is 1. The molecule has 4 nitrogen and oxygen atoms in total. The Hall–Kier alpha value is -2.36. The summed E-state index contributed by atoms with van der Waals surface area (Å²) in [6, 6.07) is 7.42. The number of hydrogen-bond acceptors (Lipinski definition) is 3. The largest absolute Gasteiger partial charge is 0.508 e. The molecule has 0 saturated carbocycles. The van der Waals surface area contributed by atoms with Crippen LogP contribution in [0.4, 0.5) is 0 Å². The van der Waals surface area contributed by atoms with E-state index in [0.717, 1.165) is 28.0 Å². The van der Waals surface area contributed by atoms with Crippen molar-refractivity contribution in [3.05, 3.63) is 41.6 Å². The first-order valence-electron chi connectivity index (χ1n) is 5.76. The highest BCUT2D eigenvalue weighted by atomic mass is 16.3. The van der Waals surface area contributed by atoms with Crippen LogP contribution in [0.2, 0.25) is 0 Å². The third-order valence-corrected chi connectivity index (χ3v) is 3.03. The molecular weight excluding hydrogens is 226 g/mol. The van der Waals surface area contributed by atoms with Gasteiger partial charge in [0.2, 0.25) is 0 Å². The molecule has 3 rings (SSSR count). The van der Waals surface area contributed by atoms with Crippen molar-refractivity contribution in [3.63, 3.8) is 0 Å². The van der Waals surface area contributed by atoms with Crippen LogP contribution in [-0.2, 0) is 0 Å². The quantitative estimate of drug-likeness (QED) is 0.686. The lowest BCUT2D eigenvalue weighted by atomic mass is 10.1. The smallest absolute Gasteiger partial charge is 0.178 e. The molecule has 0 spiro atoms. The standard InChI is InChI=1S/C14H13N3O/c1-8-6-11-14(15-7-8)17-13(16-11)10-4-3-5-12(18)9(10)2/h3-7,18H,1-2H3,(H,15,16,17). The number of fused-ring (bicyclic) bond motifs is 1. The number of nitrogens with zero attached hydrogens (tertiary/aromatic N) is 2. The van der Waals surface area contributed by atoms with E-state index in [1.54, 1.807) is 12.3 Å². The molecule has 3 aromatic rings. The number of rotatable bonds is 1. The highest BCUT2D eigenvalue weighted by molar-refractivity contribution is 5.77. The molecule has 0 saturated heterocycles. The number of aromatic amines is 1. The summed E-state index contributed by atoms with van der Waals surface area (Å²) in [5, 5.41) is 9.72. The van der Waals surface area contributed by atoms with E-state index in [2.05, 4.69) is 15.0 Å². The summed E-state index contributed by atoms with van der Waals surface area (Å²) in [6.45, 7) is 3.86. The summed E-state index contributed by atoms with van der Waals surface area (Å²) in [6.07, 6.45) is 1.79. The Morgan fingerprint density at radius 2 is 2.06 bits per heavy atom. The molecule has 0 fully saturated rings. The molecule has 0 unspecified atom stereocenters. The average Bonchev–Trinajstić information content (AvgIpc) is 2.75. The first-order valence-corrected chi connectivity index (χ1v) is 5.76. The third kappa shape index (κ3) is 1.62. The zero-order valence-corrected chi connectivity index (χ0v) is 10.2. The minimum atomic E-state index is 0.275. The number of nitrogens with one attached hydrogen (secondary N) is 1. The molecular formula is C14H13N3O. The van der Waals surface area contributed by atoms with Gasteiger partial charge in [-0.2, -0.15) is 0 Å². The van der Waals surface area contributed by atoms with Crippen LogP contribution in [0.5, 0.6) is 5.75 Å². The highest BCUT2D eigenvalue weighted by Crippen LogP contribution is 2.28. The van der Waals surface area contributed by atoms with Gasteiger partial charge in [0.05, 0.1) is 5.52 Å². The predicted octanol–water partition coefficient (Wildman–Crippen LogP) is 2.95. The van der Waals surface area contributed by atoms with Crippen LogP contribution in [-0.4, -0.2) is 20.1 Å². The zero-order valence-electron chi connectivity index (χ0n) is 10.2. The SMILES string of the molecule is Cc1cnc2nc(-c3cccc(O)c3C)[nH]c2c1. The minimum absolute atomic E-state index is 0.275. The lowest BCUT2D eigenvalue weighted by molar-refractivity contribution is 0.471. The first-order chi connectivity index (χ1) is 8.65. The number of aromatic hydroxyl groups is 1. The Bertz CT molecular complexity index is 731. The van der Waals surface area contributed by atoms with E-state index in [-0.39, 0.29) is 5.75 Å². The molecule has 0 aliphatic heterocycles. The number of phenolic OH excluding ortho intramolecular Hbond substituents is 1. The monoisotopic (exact) mass is 239 g/mol. The number of H-pyrrole nitrogens is 1. The summed E-state index contributed by atoms with van der Waals surface area (Å²) >= 11 is 0. The van der Waals surface area contributed by atoms with Crippen LogP contribution in [0.3, 0.4) is 0 Å². The lowest BCUT2D eigenvalue weighted by Crippen LogP contribution is -1.85. The topological polar surface area (TPSA) is 61.8 Å². The molecule has 0 atom stereocenters. The Labute approximate surface area is 104 Å². The van der Waals surface area contributed by atoms with Gasteiger partial charge in [0.1, 0.15) is 11.6 Å². The summed E-state index contributed by atoms with van der Waals surface area (Å²) in [4.78, 5) is 12.0. The van der Waals surface area contributed by atoms with Gasteiger partial charge in [0.15, 0.2) is 5.65 Å². The van der Waals surface area contributed by atoms with E-state index in [1.807, 2.05) is 32.0 Å². The van der Waals surface area contributed by atoms with E-state index < -0.39 is 0 Å². The van der Waals surface area contributed by atoms with Crippen LogP contribution in [0, 0.1) is 13.8 Å². The van der Waals surface area contributed by atoms with Crippen LogP contribution in [0.25, 0.3) is 22.6 Å². The Kier molecular flexibility index (Phi) is 2.30. The Morgan fingerprint density at radius 3 is 2.89 bits per heavy atom. The molecule has 0 aliphatic rings. The van der Waals surface area contributed by atoms with Gasteiger partial charge in [-0.25, -0.2) is 9.97 Å². The summed E-state index contributed by atoms with van der Waals surface area (Å²) < 4.78 is 0. The first kappa shape index (κ1) is 10.8. The average molecular weight is 239 g/mol.